The van der Waals surface area contributed by atoms with E-state index in [4.69, 9.17) is 0 Å². The summed E-state index contributed by atoms with van der Waals surface area (Å²) < 4.78 is 3.48. The van der Waals surface area contributed by atoms with E-state index in [0.717, 1.165) is 22.6 Å². The second-order valence-electron chi connectivity index (χ2n) is 5.57. The molecule has 0 aliphatic rings. The summed E-state index contributed by atoms with van der Waals surface area (Å²) in [5, 5.41) is 6.98. The lowest BCUT2D eigenvalue weighted by Gasteiger charge is -1.98. The van der Waals surface area contributed by atoms with Crippen molar-refractivity contribution in [3.8, 4) is 0 Å². The van der Waals surface area contributed by atoms with Crippen molar-refractivity contribution in [2.24, 2.45) is 0 Å². The second kappa shape index (κ2) is 5.41. The van der Waals surface area contributed by atoms with Crippen molar-refractivity contribution in [1.29, 1.82) is 0 Å². The fourth-order valence-electron chi connectivity index (χ4n) is 2.54. The zero-order valence-electron chi connectivity index (χ0n) is 13.3. The molecule has 0 saturated heterocycles. The predicted molar refractivity (Wildman–Crippen MR) is 86.6 cm³/mol. The molecule has 4 aromatic rings. The highest BCUT2D eigenvalue weighted by atomic mass is 16.2. The van der Waals surface area contributed by atoms with Gasteiger partial charge in [-0.25, -0.2) is 14.5 Å². The maximum atomic E-state index is 12.3. The largest absolute Gasteiger partial charge is 0.344 e. The number of nitrogens with zero attached hydrogens (tertiary/aromatic N) is 6. The van der Waals surface area contributed by atoms with Crippen molar-refractivity contribution in [3.63, 3.8) is 0 Å². The van der Waals surface area contributed by atoms with Gasteiger partial charge in [0.15, 0.2) is 0 Å². The van der Waals surface area contributed by atoms with Crippen LogP contribution >= 0.6 is 0 Å². The van der Waals surface area contributed by atoms with Crippen LogP contribution in [0.3, 0.4) is 0 Å². The summed E-state index contributed by atoms with van der Waals surface area (Å²) >= 11 is 0. The topological polar surface area (TPSA) is 89.5 Å². The van der Waals surface area contributed by atoms with E-state index in [0.29, 0.717) is 12.3 Å². The van der Waals surface area contributed by atoms with Gasteiger partial charge in [-0.1, -0.05) is 6.07 Å². The lowest BCUT2D eigenvalue weighted by Crippen LogP contribution is -2.24. The average molecular weight is 321 g/mol. The van der Waals surface area contributed by atoms with Crippen LogP contribution in [0.25, 0.3) is 11.4 Å². The quantitative estimate of drug-likeness (QED) is 0.614. The van der Waals surface area contributed by atoms with Gasteiger partial charge in [0, 0.05) is 24.3 Å². The molecule has 24 heavy (non-hydrogen) atoms. The van der Waals surface area contributed by atoms with Crippen LogP contribution < -0.4 is 5.32 Å². The molecule has 0 fully saturated rings. The average Bonchev–Trinajstić information content (AvgIpc) is 3.18. The second-order valence-corrected chi connectivity index (χ2v) is 5.57. The Morgan fingerprint density at radius 3 is 2.92 bits per heavy atom. The van der Waals surface area contributed by atoms with Crippen LogP contribution in [-0.2, 0) is 6.54 Å². The summed E-state index contributed by atoms with van der Waals surface area (Å²) in [5.41, 5.74) is 3.60. The van der Waals surface area contributed by atoms with Crippen LogP contribution in [0.2, 0.25) is 0 Å². The van der Waals surface area contributed by atoms with Crippen LogP contribution in [0, 0.1) is 13.8 Å². The molecule has 8 heteroatoms. The van der Waals surface area contributed by atoms with Gasteiger partial charge in [0.2, 0.25) is 5.82 Å². The van der Waals surface area contributed by atoms with E-state index >= 15 is 0 Å². The van der Waals surface area contributed by atoms with Crippen molar-refractivity contribution in [2.75, 3.05) is 0 Å². The van der Waals surface area contributed by atoms with Crippen molar-refractivity contribution in [1.82, 2.24) is 34.3 Å². The molecule has 8 nitrogen and oxygen atoms in total. The molecule has 1 N–H and O–H groups in total. The molecule has 0 unspecified atom stereocenters. The van der Waals surface area contributed by atoms with E-state index in [1.807, 2.05) is 48.8 Å². The number of carbonyl (C=O) groups is 1. The maximum Gasteiger partial charge on any atom is 0.291 e. The molecule has 0 radical (unpaired) electrons. The first-order valence-corrected chi connectivity index (χ1v) is 7.51. The number of imidazole rings is 1. The van der Waals surface area contributed by atoms with E-state index in [-0.39, 0.29) is 11.7 Å². The molecule has 4 heterocycles. The Bertz CT molecular complexity index is 1060. The van der Waals surface area contributed by atoms with Crippen molar-refractivity contribution in [3.05, 3.63) is 59.6 Å². The first-order valence-electron chi connectivity index (χ1n) is 7.51. The molecule has 0 aromatic carbocycles. The summed E-state index contributed by atoms with van der Waals surface area (Å²) in [6.45, 7) is 4.19. The molecule has 4 rings (SSSR count). The number of rotatable bonds is 3. The maximum absolute atomic E-state index is 12.3. The first kappa shape index (κ1) is 14.3. The number of carbonyl (C=O) groups excluding carboxylic acids is 1. The van der Waals surface area contributed by atoms with Crippen molar-refractivity contribution >= 4 is 17.3 Å². The Balaban J connectivity index is 1.54. The standard InChI is InChI=1S/C16H15N7O/c1-10-4-3-7-22-9-12(19-14(10)22)8-18-15(24)13-20-16-17-6-5-11(2)23(16)21-13/h3-7,9H,8H2,1-2H3,(H,18,24). The van der Waals surface area contributed by atoms with Crippen LogP contribution in [0.15, 0.2) is 36.8 Å². The zero-order valence-corrected chi connectivity index (χ0v) is 13.3. The van der Waals surface area contributed by atoms with Crippen LogP contribution in [0.5, 0.6) is 0 Å². The third-order valence-corrected chi connectivity index (χ3v) is 3.79. The fourth-order valence-corrected chi connectivity index (χ4v) is 2.54. The molecule has 0 aliphatic heterocycles. The van der Waals surface area contributed by atoms with Gasteiger partial charge >= 0.3 is 0 Å². The lowest BCUT2D eigenvalue weighted by atomic mass is 10.3. The van der Waals surface area contributed by atoms with Gasteiger partial charge in [-0.15, -0.1) is 5.10 Å². The highest BCUT2D eigenvalue weighted by molar-refractivity contribution is 5.90. The number of hydrogen-bond donors (Lipinski definition) is 1. The normalized spacial score (nSPS) is 11.2. The van der Waals surface area contributed by atoms with Crippen molar-refractivity contribution in [2.45, 2.75) is 20.4 Å². The summed E-state index contributed by atoms with van der Waals surface area (Å²) in [5.74, 6) is 0.147. The van der Waals surface area contributed by atoms with E-state index in [9.17, 15) is 4.79 Å². The Morgan fingerprint density at radius 2 is 2.12 bits per heavy atom. The third kappa shape index (κ3) is 2.37. The number of aryl methyl sites for hydroxylation is 2. The Hall–Kier alpha value is -3.29. The molecule has 0 aliphatic carbocycles. The number of aromatic nitrogens is 6. The van der Waals surface area contributed by atoms with Gasteiger partial charge in [0.25, 0.3) is 11.7 Å². The van der Waals surface area contributed by atoms with Crippen LogP contribution in [0.4, 0.5) is 0 Å². The lowest BCUT2D eigenvalue weighted by molar-refractivity contribution is 0.0940. The summed E-state index contributed by atoms with van der Waals surface area (Å²) in [6.07, 6.45) is 5.46. The molecule has 0 spiro atoms. The Morgan fingerprint density at radius 1 is 1.25 bits per heavy atom. The number of nitrogens with one attached hydrogen (secondary N) is 1. The highest BCUT2D eigenvalue weighted by Gasteiger charge is 2.14. The number of hydrogen-bond acceptors (Lipinski definition) is 5. The van der Waals surface area contributed by atoms with E-state index < -0.39 is 0 Å². The minimum atomic E-state index is -0.353. The summed E-state index contributed by atoms with van der Waals surface area (Å²) in [4.78, 5) is 25.0. The number of amides is 1. The molecule has 0 atom stereocenters. The summed E-state index contributed by atoms with van der Waals surface area (Å²) in [7, 11) is 0. The van der Waals surface area contributed by atoms with Gasteiger partial charge < -0.3 is 9.72 Å². The number of fused-ring (bicyclic) bond motifs is 2. The van der Waals surface area contributed by atoms with Crippen molar-refractivity contribution < 1.29 is 4.79 Å². The van der Waals surface area contributed by atoms with E-state index in [1.165, 1.54) is 0 Å². The van der Waals surface area contributed by atoms with Gasteiger partial charge in [0.05, 0.1) is 12.2 Å². The zero-order chi connectivity index (χ0) is 16.7. The fraction of sp³-hybridized carbons (Fsp3) is 0.188. The molecule has 120 valence electrons. The first-order chi connectivity index (χ1) is 11.6. The minimum Gasteiger partial charge on any atom is -0.344 e. The minimum absolute atomic E-state index is 0.0942. The number of pyridine rings is 1. The monoisotopic (exact) mass is 321 g/mol. The smallest absolute Gasteiger partial charge is 0.291 e. The van der Waals surface area contributed by atoms with Gasteiger partial charge in [-0.2, -0.15) is 4.98 Å². The molecule has 1 amide bonds. The Labute approximate surface area is 137 Å². The van der Waals surface area contributed by atoms with Crippen LogP contribution in [0.1, 0.15) is 27.6 Å². The third-order valence-electron chi connectivity index (χ3n) is 3.79. The van der Waals surface area contributed by atoms with E-state index in [2.05, 4.69) is 25.4 Å². The SMILES string of the molecule is Cc1cccn2cc(CNC(=O)c3nc4nccc(C)n4n3)nc12. The van der Waals surface area contributed by atoms with Gasteiger partial charge in [-0.05, 0) is 31.5 Å². The molecular formula is C16H15N7O. The molecule has 0 saturated carbocycles. The molecule has 4 aromatic heterocycles. The van der Waals surface area contributed by atoms with E-state index in [1.54, 1.807) is 10.7 Å². The summed E-state index contributed by atoms with van der Waals surface area (Å²) in [6, 6.07) is 5.77. The van der Waals surface area contributed by atoms with Crippen LogP contribution in [-0.4, -0.2) is 34.9 Å². The molecular weight excluding hydrogens is 306 g/mol. The predicted octanol–water partition coefficient (Wildman–Crippen LogP) is 1.32. The Kier molecular flexibility index (Phi) is 3.23. The van der Waals surface area contributed by atoms with Gasteiger partial charge in [0.1, 0.15) is 5.65 Å². The molecule has 0 bridgehead atoms. The highest BCUT2D eigenvalue weighted by Crippen LogP contribution is 2.10. The van der Waals surface area contributed by atoms with Gasteiger partial charge in [-0.3, -0.25) is 4.79 Å².